The first kappa shape index (κ1) is 17.1. The minimum atomic E-state index is -0.476. The molecule has 0 radical (unpaired) electrons. The van der Waals surface area contributed by atoms with E-state index in [2.05, 4.69) is 16.7 Å². The van der Waals surface area contributed by atoms with Crippen molar-refractivity contribution in [2.24, 2.45) is 0 Å². The normalized spacial score (nSPS) is 12.3. The van der Waals surface area contributed by atoms with Crippen LogP contribution in [0.15, 0.2) is 18.2 Å². The first-order valence-electron chi connectivity index (χ1n) is 6.98. The number of carbonyl (C=O) groups excluding carboxylic acids is 1. The molecule has 0 amide bonds. The predicted octanol–water partition coefficient (Wildman–Crippen LogP) is 2.57. The van der Waals surface area contributed by atoms with Gasteiger partial charge in [-0.15, -0.1) is 0 Å². The third kappa shape index (κ3) is 4.26. The second-order valence-corrected chi connectivity index (χ2v) is 5.41. The van der Waals surface area contributed by atoms with Crippen LogP contribution in [0.1, 0.15) is 31.1 Å². The Bertz CT molecular complexity index is 529. The number of carbonyl (C=O) groups is 1. The molecule has 0 aromatic heterocycles. The average Bonchev–Trinajstić information content (AvgIpc) is 2.38. The Morgan fingerprint density at radius 2 is 2.00 bits per heavy atom. The molecule has 0 aliphatic heterocycles. The minimum Gasteiger partial charge on any atom is -0.367 e. The standard InChI is InChI=1S/C15H23N3O3/c1-6-17(11(2)10-16(4)5)15-8-7-13(18(20)21)9-14(15)12(3)19/h7-9,11H,6,10H2,1-5H3. The van der Waals surface area contributed by atoms with Gasteiger partial charge in [-0.3, -0.25) is 14.9 Å². The van der Waals surface area contributed by atoms with Gasteiger partial charge in [0, 0.05) is 42.5 Å². The number of hydrogen-bond acceptors (Lipinski definition) is 5. The van der Waals surface area contributed by atoms with Crippen LogP contribution >= 0.6 is 0 Å². The number of anilines is 1. The van der Waals surface area contributed by atoms with E-state index in [0.29, 0.717) is 5.56 Å². The van der Waals surface area contributed by atoms with E-state index in [0.717, 1.165) is 18.8 Å². The molecule has 116 valence electrons. The van der Waals surface area contributed by atoms with Gasteiger partial charge in [-0.2, -0.15) is 0 Å². The van der Waals surface area contributed by atoms with Gasteiger partial charge in [0.1, 0.15) is 0 Å². The number of Topliss-reactive ketones (excluding diaryl/α,β-unsaturated/α-hetero) is 1. The zero-order valence-electron chi connectivity index (χ0n) is 13.3. The molecule has 1 aromatic carbocycles. The Morgan fingerprint density at radius 1 is 1.38 bits per heavy atom. The van der Waals surface area contributed by atoms with Gasteiger partial charge in [0.25, 0.3) is 5.69 Å². The number of rotatable bonds is 7. The fourth-order valence-electron chi connectivity index (χ4n) is 2.52. The zero-order chi connectivity index (χ0) is 16.2. The van der Waals surface area contributed by atoms with Gasteiger partial charge in [-0.25, -0.2) is 0 Å². The van der Waals surface area contributed by atoms with E-state index < -0.39 is 4.92 Å². The highest BCUT2D eigenvalue weighted by Gasteiger charge is 2.21. The molecule has 0 aliphatic carbocycles. The number of non-ortho nitro benzene ring substituents is 1. The van der Waals surface area contributed by atoms with Crippen LogP contribution in [0.3, 0.4) is 0 Å². The molecule has 6 heteroatoms. The van der Waals surface area contributed by atoms with Gasteiger partial charge in [0.15, 0.2) is 5.78 Å². The van der Waals surface area contributed by atoms with Crippen molar-refractivity contribution >= 4 is 17.2 Å². The third-order valence-electron chi connectivity index (χ3n) is 3.38. The fourth-order valence-corrected chi connectivity index (χ4v) is 2.52. The van der Waals surface area contributed by atoms with E-state index in [1.807, 2.05) is 21.0 Å². The van der Waals surface area contributed by atoms with E-state index in [-0.39, 0.29) is 17.5 Å². The van der Waals surface area contributed by atoms with Crippen LogP contribution in [0.25, 0.3) is 0 Å². The lowest BCUT2D eigenvalue weighted by Crippen LogP contribution is -2.40. The molecule has 0 fully saturated rings. The monoisotopic (exact) mass is 293 g/mol. The molecule has 21 heavy (non-hydrogen) atoms. The van der Waals surface area contributed by atoms with Crippen LogP contribution in [0.4, 0.5) is 11.4 Å². The van der Waals surface area contributed by atoms with E-state index in [9.17, 15) is 14.9 Å². The fraction of sp³-hybridized carbons (Fsp3) is 0.533. The Kier molecular flexibility index (Phi) is 5.84. The average molecular weight is 293 g/mol. The van der Waals surface area contributed by atoms with Crippen LogP contribution in [-0.4, -0.2) is 48.8 Å². The summed E-state index contributed by atoms with van der Waals surface area (Å²) in [5.41, 5.74) is 1.10. The summed E-state index contributed by atoms with van der Waals surface area (Å²) in [5.74, 6) is -0.163. The number of nitro benzene ring substituents is 1. The van der Waals surface area contributed by atoms with Crippen LogP contribution in [0.2, 0.25) is 0 Å². The van der Waals surface area contributed by atoms with Crippen LogP contribution in [0.5, 0.6) is 0 Å². The summed E-state index contributed by atoms with van der Waals surface area (Å²) in [6.07, 6.45) is 0. The van der Waals surface area contributed by atoms with Gasteiger partial charge in [-0.1, -0.05) is 0 Å². The molecule has 0 bridgehead atoms. The van der Waals surface area contributed by atoms with Crippen molar-refractivity contribution in [1.29, 1.82) is 0 Å². The second-order valence-electron chi connectivity index (χ2n) is 5.41. The molecule has 0 spiro atoms. The predicted molar refractivity (Wildman–Crippen MR) is 84.1 cm³/mol. The lowest BCUT2D eigenvalue weighted by Gasteiger charge is -2.33. The maximum absolute atomic E-state index is 11.8. The van der Waals surface area contributed by atoms with Crippen LogP contribution in [-0.2, 0) is 0 Å². The van der Waals surface area contributed by atoms with Gasteiger partial charge in [-0.05, 0) is 40.9 Å². The van der Waals surface area contributed by atoms with Crippen LogP contribution in [0, 0.1) is 10.1 Å². The van der Waals surface area contributed by atoms with Crippen molar-refractivity contribution in [3.8, 4) is 0 Å². The maximum Gasteiger partial charge on any atom is 0.270 e. The molecule has 1 atom stereocenters. The van der Waals surface area contributed by atoms with Gasteiger partial charge in [0.2, 0.25) is 0 Å². The highest BCUT2D eigenvalue weighted by molar-refractivity contribution is 6.00. The Morgan fingerprint density at radius 3 is 2.43 bits per heavy atom. The molecular formula is C15H23N3O3. The largest absolute Gasteiger partial charge is 0.367 e. The first-order chi connectivity index (χ1) is 9.77. The summed E-state index contributed by atoms with van der Waals surface area (Å²) in [6.45, 7) is 7.09. The summed E-state index contributed by atoms with van der Waals surface area (Å²) in [7, 11) is 3.98. The second kappa shape index (κ2) is 7.17. The molecule has 6 nitrogen and oxygen atoms in total. The molecule has 0 heterocycles. The molecular weight excluding hydrogens is 270 g/mol. The third-order valence-corrected chi connectivity index (χ3v) is 3.38. The van der Waals surface area contributed by atoms with Crippen molar-refractivity contribution in [2.45, 2.75) is 26.8 Å². The number of likely N-dealkylation sites (N-methyl/N-ethyl adjacent to an activating group) is 2. The smallest absolute Gasteiger partial charge is 0.270 e. The summed E-state index contributed by atoms with van der Waals surface area (Å²) < 4.78 is 0. The molecule has 0 saturated heterocycles. The van der Waals surface area contributed by atoms with Crippen molar-refractivity contribution in [3.05, 3.63) is 33.9 Å². The Hall–Kier alpha value is -1.95. The topological polar surface area (TPSA) is 66.7 Å². The van der Waals surface area contributed by atoms with Gasteiger partial charge >= 0.3 is 0 Å². The van der Waals surface area contributed by atoms with Crippen molar-refractivity contribution in [1.82, 2.24) is 4.90 Å². The summed E-state index contributed by atoms with van der Waals surface area (Å²) in [5, 5.41) is 10.9. The maximum atomic E-state index is 11.8. The molecule has 1 unspecified atom stereocenters. The van der Waals surface area contributed by atoms with E-state index >= 15 is 0 Å². The zero-order valence-corrected chi connectivity index (χ0v) is 13.3. The molecule has 0 saturated carbocycles. The Balaban J connectivity index is 3.25. The van der Waals surface area contributed by atoms with E-state index in [1.165, 1.54) is 19.1 Å². The molecule has 1 rings (SSSR count). The van der Waals surface area contributed by atoms with Gasteiger partial charge < -0.3 is 9.80 Å². The number of ketones is 1. The summed E-state index contributed by atoms with van der Waals surface area (Å²) >= 11 is 0. The van der Waals surface area contributed by atoms with E-state index in [1.54, 1.807) is 6.07 Å². The molecule has 1 aromatic rings. The molecule has 0 N–H and O–H groups in total. The summed E-state index contributed by atoms with van der Waals surface area (Å²) in [6, 6.07) is 4.68. The first-order valence-corrected chi connectivity index (χ1v) is 6.98. The highest BCUT2D eigenvalue weighted by atomic mass is 16.6. The lowest BCUT2D eigenvalue weighted by atomic mass is 10.1. The highest BCUT2D eigenvalue weighted by Crippen LogP contribution is 2.27. The number of hydrogen-bond donors (Lipinski definition) is 0. The van der Waals surface area contributed by atoms with Crippen molar-refractivity contribution in [2.75, 3.05) is 32.1 Å². The number of benzene rings is 1. The number of nitrogens with zero attached hydrogens (tertiary/aromatic N) is 3. The summed E-state index contributed by atoms with van der Waals surface area (Å²) in [4.78, 5) is 26.4. The van der Waals surface area contributed by atoms with E-state index in [4.69, 9.17) is 0 Å². The quantitative estimate of drug-likeness (QED) is 0.439. The number of nitro groups is 1. The van der Waals surface area contributed by atoms with Crippen LogP contribution < -0.4 is 4.90 Å². The SMILES string of the molecule is CCN(c1ccc([N+](=O)[O-])cc1C(C)=O)C(C)CN(C)C. The Labute approximate surface area is 125 Å². The lowest BCUT2D eigenvalue weighted by molar-refractivity contribution is -0.384. The van der Waals surface area contributed by atoms with Crippen molar-refractivity contribution in [3.63, 3.8) is 0 Å². The van der Waals surface area contributed by atoms with Gasteiger partial charge in [0.05, 0.1) is 4.92 Å². The minimum absolute atomic E-state index is 0.0553. The molecule has 0 aliphatic rings. The van der Waals surface area contributed by atoms with Crippen molar-refractivity contribution < 1.29 is 9.72 Å².